The fourth-order valence-electron chi connectivity index (χ4n) is 1.62. The zero-order chi connectivity index (χ0) is 13.1. The van der Waals surface area contributed by atoms with Crippen molar-refractivity contribution in [1.82, 2.24) is 9.78 Å². The lowest BCUT2D eigenvalue weighted by molar-refractivity contribution is 0.373. The van der Waals surface area contributed by atoms with E-state index in [-0.39, 0.29) is 5.75 Å². The molecule has 0 aliphatic rings. The van der Waals surface area contributed by atoms with Crippen LogP contribution in [0.15, 0.2) is 28.7 Å². The Kier molecular flexibility index (Phi) is 3.76. The first-order valence-corrected chi connectivity index (χ1v) is 6.19. The van der Waals surface area contributed by atoms with E-state index in [0.29, 0.717) is 22.7 Å². The summed E-state index contributed by atoms with van der Waals surface area (Å²) in [5.41, 5.74) is 0.800. The van der Waals surface area contributed by atoms with Crippen molar-refractivity contribution in [1.29, 1.82) is 0 Å². The van der Waals surface area contributed by atoms with Crippen molar-refractivity contribution in [3.05, 3.63) is 34.3 Å². The number of benzene rings is 1. The van der Waals surface area contributed by atoms with E-state index in [4.69, 9.17) is 4.74 Å². The van der Waals surface area contributed by atoms with Crippen molar-refractivity contribution in [2.75, 3.05) is 12.4 Å². The van der Waals surface area contributed by atoms with E-state index in [2.05, 4.69) is 26.3 Å². The lowest BCUT2D eigenvalue weighted by Crippen LogP contribution is -2.01. The second-order valence-corrected chi connectivity index (χ2v) is 4.65. The fraction of sp³-hybridized carbons (Fsp3) is 0.250. The molecule has 0 spiro atoms. The van der Waals surface area contributed by atoms with Crippen molar-refractivity contribution in [2.24, 2.45) is 7.05 Å². The number of hydrogen-bond donors (Lipinski definition) is 2. The molecule has 2 aromatic rings. The Morgan fingerprint density at radius 1 is 1.50 bits per heavy atom. The van der Waals surface area contributed by atoms with Crippen LogP contribution in [0.1, 0.15) is 5.56 Å². The second-order valence-electron chi connectivity index (χ2n) is 3.80. The lowest BCUT2D eigenvalue weighted by atomic mass is 10.2. The largest absolute Gasteiger partial charge is 0.506 e. The zero-order valence-electron chi connectivity index (χ0n) is 10.1. The number of nitrogens with zero attached hydrogens (tertiary/aromatic N) is 2. The topological polar surface area (TPSA) is 59.3 Å². The summed E-state index contributed by atoms with van der Waals surface area (Å²) in [4.78, 5) is 0. The van der Waals surface area contributed by atoms with Gasteiger partial charge in [0.15, 0.2) is 5.82 Å². The molecule has 0 radical (unpaired) electrons. The van der Waals surface area contributed by atoms with Gasteiger partial charge in [0.1, 0.15) is 5.75 Å². The van der Waals surface area contributed by atoms with Crippen LogP contribution in [-0.4, -0.2) is 22.0 Å². The summed E-state index contributed by atoms with van der Waals surface area (Å²) in [5, 5.41) is 17.2. The number of rotatable bonds is 4. The minimum Gasteiger partial charge on any atom is -0.506 e. The van der Waals surface area contributed by atoms with Crippen molar-refractivity contribution < 1.29 is 9.84 Å². The zero-order valence-corrected chi connectivity index (χ0v) is 11.7. The summed E-state index contributed by atoms with van der Waals surface area (Å²) < 4.78 is 7.45. The Bertz CT molecular complexity index is 554. The first-order valence-electron chi connectivity index (χ1n) is 5.40. The maximum absolute atomic E-state index is 9.84. The Hall–Kier alpha value is -1.69. The fourth-order valence-corrected chi connectivity index (χ4v) is 2.02. The predicted molar refractivity (Wildman–Crippen MR) is 72.9 cm³/mol. The number of phenols is 1. The van der Waals surface area contributed by atoms with Crippen LogP contribution in [0.4, 0.5) is 5.82 Å². The summed E-state index contributed by atoms with van der Waals surface area (Å²) in [6, 6.07) is 7.32. The van der Waals surface area contributed by atoms with Gasteiger partial charge in [0.05, 0.1) is 11.6 Å². The number of aromatic hydroxyl groups is 1. The molecule has 6 heteroatoms. The van der Waals surface area contributed by atoms with Crippen LogP contribution in [-0.2, 0) is 13.6 Å². The van der Waals surface area contributed by atoms with Crippen LogP contribution in [0.2, 0.25) is 0 Å². The molecule has 0 bridgehead atoms. The predicted octanol–water partition coefficient (Wildman–Crippen LogP) is 2.51. The van der Waals surface area contributed by atoms with E-state index in [9.17, 15) is 5.11 Å². The van der Waals surface area contributed by atoms with Crippen LogP contribution in [0.25, 0.3) is 0 Å². The number of nitrogens with one attached hydrogen (secondary N) is 1. The summed E-state index contributed by atoms with van der Waals surface area (Å²) in [6.45, 7) is 0.492. The van der Waals surface area contributed by atoms with Crippen LogP contribution in [0.3, 0.4) is 0 Å². The van der Waals surface area contributed by atoms with Gasteiger partial charge in [-0.1, -0.05) is 12.1 Å². The van der Waals surface area contributed by atoms with E-state index in [1.54, 1.807) is 31.0 Å². The lowest BCUT2D eigenvalue weighted by Gasteiger charge is -2.06. The maximum atomic E-state index is 9.84. The van der Waals surface area contributed by atoms with Gasteiger partial charge in [-0.05, 0) is 22.0 Å². The molecule has 0 fully saturated rings. The van der Waals surface area contributed by atoms with Crippen molar-refractivity contribution in [3.63, 3.8) is 0 Å². The molecule has 2 rings (SSSR count). The molecule has 5 nitrogen and oxygen atoms in total. The molecule has 1 heterocycles. The van der Waals surface area contributed by atoms with Crippen molar-refractivity contribution in [2.45, 2.75) is 6.54 Å². The van der Waals surface area contributed by atoms with E-state index in [1.165, 1.54) is 0 Å². The van der Waals surface area contributed by atoms with Crippen molar-refractivity contribution >= 4 is 21.7 Å². The number of aryl methyl sites for hydroxylation is 1. The molecule has 1 aromatic heterocycles. The van der Waals surface area contributed by atoms with E-state index >= 15 is 0 Å². The quantitative estimate of drug-likeness (QED) is 0.911. The monoisotopic (exact) mass is 311 g/mol. The molecule has 0 saturated heterocycles. The SMILES string of the molecule is COc1cc(NCc2cccc(Br)c2O)nn1C. The molecule has 1 aromatic carbocycles. The van der Waals surface area contributed by atoms with Gasteiger partial charge in [-0.25, -0.2) is 4.68 Å². The normalized spacial score (nSPS) is 10.4. The summed E-state index contributed by atoms with van der Waals surface area (Å²) in [5.74, 6) is 1.62. The van der Waals surface area contributed by atoms with E-state index < -0.39 is 0 Å². The number of ether oxygens (including phenoxy) is 1. The number of aromatic nitrogens is 2. The smallest absolute Gasteiger partial charge is 0.213 e. The van der Waals surface area contributed by atoms with Crippen LogP contribution in [0, 0.1) is 0 Å². The summed E-state index contributed by atoms with van der Waals surface area (Å²) in [6.07, 6.45) is 0. The van der Waals surface area contributed by atoms with E-state index in [1.807, 2.05) is 12.1 Å². The van der Waals surface area contributed by atoms with Gasteiger partial charge in [0, 0.05) is 25.2 Å². The molecule has 0 saturated carbocycles. The molecular weight excluding hydrogens is 298 g/mol. The maximum Gasteiger partial charge on any atom is 0.213 e. The molecule has 0 aliphatic carbocycles. The highest BCUT2D eigenvalue weighted by Gasteiger charge is 2.07. The van der Waals surface area contributed by atoms with Crippen LogP contribution in [0.5, 0.6) is 11.6 Å². The Morgan fingerprint density at radius 2 is 2.28 bits per heavy atom. The van der Waals surface area contributed by atoms with Gasteiger partial charge < -0.3 is 15.2 Å². The molecular formula is C12H14BrN3O2. The molecule has 18 heavy (non-hydrogen) atoms. The Morgan fingerprint density at radius 3 is 2.94 bits per heavy atom. The molecule has 96 valence electrons. The van der Waals surface area contributed by atoms with Crippen LogP contribution < -0.4 is 10.1 Å². The third kappa shape index (κ3) is 2.59. The Balaban J connectivity index is 2.09. The molecule has 0 atom stereocenters. The highest BCUT2D eigenvalue weighted by molar-refractivity contribution is 9.10. The third-order valence-corrected chi connectivity index (χ3v) is 3.22. The highest BCUT2D eigenvalue weighted by Crippen LogP contribution is 2.28. The number of para-hydroxylation sites is 1. The number of phenolic OH excluding ortho intramolecular Hbond substituents is 1. The molecule has 0 aliphatic heterocycles. The number of halogens is 1. The second kappa shape index (κ2) is 5.30. The first kappa shape index (κ1) is 12.8. The number of methoxy groups -OCH3 is 1. The van der Waals surface area contributed by atoms with Gasteiger partial charge >= 0.3 is 0 Å². The number of anilines is 1. The number of hydrogen-bond acceptors (Lipinski definition) is 4. The summed E-state index contributed by atoms with van der Waals surface area (Å²) in [7, 11) is 3.40. The average Bonchev–Trinajstić information content (AvgIpc) is 2.72. The van der Waals surface area contributed by atoms with Gasteiger partial charge in [-0.15, -0.1) is 0 Å². The van der Waals surface area contributed by atoms with Gasteiger partial charge in [0.25, 0.3) is 0 Å². The molecule has 0 unspecified atom stereocenters. The average molecular weight is 312 g/mol. The molecule has 0 amide bonds. The van der Waals surface area contributed by atoms with E-state index in [0.717, 1.165) is 5.56 Å². The standard InChI is InChI=1S/C12H14BrN3O2/c1-16-11(18-2)6-10(15-16)14-7-8-4-3-5-9(13)12(8)17/h3-6,17H,7H2,1-2H3,(H,14,15). The Labute approximate surface area is 114 Å². The summed E-state index contributed by atoms with van der Waals surface area (Å²) >= 11 is 3.28. The molecule has 2 N–H and O–H groups in total. The first-order chi connectivity index (χ1) is 8.61. The minimum absolute atomic E-state index is 0.243. The highest BCUT2D eigenvalue weighted by atomic mass is 79.9. The third-order valence-electron chi connectivity index (χ3n) is 2.58. The minimum atomic E-state index is 0.243. The van der Waals surface area contributed by atoms with Gasteiger partial charge in [0.2, 0.25) is 5.88 Å². The van der Waals surface area contributed by atoms with Crippen molar-refractivity contribution in [3.8, 4) is 11.6 Å². The van der Waals surface area contributed by atoms with Gasteiger partial charge in [-0.2, -0.15) is 5.10 Å². The van der Waals surface area contributed by atoms with Crippen LogP contribution >= 0.6 is 15.9 Å². The van der Waals surface area contributed by atoms with Gasteiger partial charge in [-0.3, -0.25) is 0 Å².